The van der Waals surface area contributed by atoms with Gasteiger partial charge in [-0.15, -0.1) is 0 Å². The Hall–Kier alpha value is -1.36. The Morgan fingerprint density at radius 3 is 2.87 bits per heavy atom. The third-order valence-corrected chi connectivity index (χ3v) is 2.93. The summed E-state index contributed by atoms with van der Waals surface area (Å²) in [4.78, 5) is 17.5. The van der Waals surface area contributed by atoms with Gasteiger partial charge in [0.15, 0.2) is 5.82 Å². The van der Waals surface area contributed by atoms with E-state index in [9.17, 15) is 9.90 Å². The van der Waals surface area contributed by atoms with Crippen molar-refractivity contribution in [2.45, 2.75) is 18.9 Å². The molecule has 1 saturated heterocycles. The minimum absolute atomic E-state index is 0.115. The van der Waals surface area contributed by atoms with E-state index >= 15 is 0 Å². The summed E-state index contributed by atoms with van der Waals surface area (Å²) in [7, 11) is 1.69. The largest absolute Gasteiger partial charge is 0.386 e. The molecular weight excluding hydrogens is 194 g/mol. The van der Waals surface area contributed by atoms with Gasteiger partial charge < -0.3 is 14.6 Å². The van der Waals surface area contributed by atoms with Gasteiger partial charge in [0.25, 0.3) is 5.56 Å². The summed E-state index contributed by atoms with van der Waals surface area (Å²) in [6, 6.07) is 0. The predicted octanol–water partition coefficient (Wildman–Crippen LogP) is -0.259. The van der Waals surface area contributed by atoms with Gasteiger partial charge in [-0.1, -0.05) is 6.92 Å². The highest BCUT2D eigenvalue weighted by Gasteiger charge is 2.41. The smallest absolute Gasteiger partial charge is 0.293 e. The summed E-state index contributed by atoms with van der Waals surface area (Å²) in [6.45, 7) is 2.93. The SMILES string of the molecule is CCC1(O)CN(c2nccn(C)c2=O)C1. The zero-order valence-electron chi connectivity index (χ0n) is 8.97. The highest BCUT2D eigenvalue weighted by atomic mass is 16.3. The summed E-state index contributed by atoms with van der Waals surface area (Å²) < 4.78 is 1.49. The highest BCUT2D eigenvalue weighted by Crippen LogP contribution is 2.26. The van der Waals surface area contributed by atoms with Gasteiger partial charge in [-0.25, -0.2) is 4.98 Å². The molecule has 0 unspecified atom stereocenters. The van der Waals surface area contributed by atoms with Gasteiger partial charge >= 0.3 is 0 Å². The number of hydrogen-bond donors (Lipinski definition) is 1. The van der Waals surface area contributed by atoms with Crippen LogP contribution in [0.4, 0.5) is 5.82 Å². The van der Waals surface area contributed by atoms with Crippen LogP contribution in [-0.4, -0.2) is 33.3 Å². The van der Waals surface area contributed by atoms with Crippen molar-refractivity contribution in [2.24, 2.45) is 7.05 Å². The maximum atomic E-state index is 11.7. The van der Waals surface area contributed by atoms with Crippen LogP contribution in [0.5, 0.6) is 0 Å². The molecule has 1 aliphatic rings. The van der Waals surface area contributed by atoms with Gasteiger partial charge in [0.05, 0.1) is 18.7 Å². The van der Waals surface area contributed by atoms with Gasteiger partial charge in [-0.3, -0.25) is 4.79 Å². The van der Waals surface area contributed by atoms with Crippen molar-refractivity contribution in [1.29, 1.82) is 0 Å². The fourth-order valence-electron chi connectivity index (χ4n) is 1.74. The van der Waals surface area contributed by atoms with Crippen molar-refractivity contribution in [3.8, 4) is 0 Å². The van der Waals surface area contributed by atoms with Crippen molar-refractivity contribution in [3.63, 3.8) is 0 Å². The van der Waals surface area contributed by atoms with Crippen molar-refractivity contribution >= 4 is 5.82 Å². The molecule has 1 aromatic heterocycles. The number of aryl methyl sites for hydroxylation is 1. The molecule has 1 N–H and O–H groups in total. The molecular formula is C10H15N3O2. The third kappa shape index (κ3) is 1.63. The Morgan fingerprint density at radius 2 is 2.27 bits per heavy atom. The zero-order valence-corrected chi connectivity index (χ0v) is 8.97. The van der Waals surface area contributed by atoms with E-state index in [1.54, 1.807) is 19.4 Å². The number of hydrogen-bond acceptors (Lipinski definition) is 4. The number of rotatable bonds is 2. The molecule has 82 valence electrons. The van der Waals surface area contributed by atoms with Crippen LogP contribution in [0.2, 0.25) is 0 Å². The van der Waals surface area contributed by atoms with E-state index in [0.717, 1.165) is 0 Å². The lowest BCUT2D eigenvalue weighted by molar-refractivity contribution is 0.00786. The van der Waals surface area contributed by atoms with Crippen LogP contribution in [0.15, 0.2) is 17.2 Å². The fourth-order valence-corrected chi connectivity index (χ4v) is 1.74. The minimum Gasteiger partial charge on any atom is -0.386 e. The van der Waals surface area contributed by atoms with Crippen LogP contribution in [0.3, 0.4) is 0 Å². The van der Waals surface area contributed by atoms with Crippen LogP contribution in [0.25, 0.3) is 0 Å². The molecule has 0 aromatic carbocycles. The molecule has 0 bridgehead atoms. The summed E-state index contributed by atoms with van der Waals surface area (Å²) in [5, 5.41) is 9.83. The summed E-state index contributed by atoms with van der Waals surface area (Å²) >= 11 is 0. The quantitative estimate of drug-likeness (QED) is 0.729. The van der Waals surface area contributed by atoms with E-state index in [4.69, 9.17) is 0 Å². The van der Waals surface area contributed by atoms with Gasteiger partial charge in [0, 0.05) is 19.4 Å². The first kappa shape index (κ1) is 10.2. The van der Waals surface area contributed by atoms with Crippen LogP contribution in [0, 0.1) is 0 Å². The first-order valence-corrected chi connectivity index (χ1v) is 5.05. The minimum atomic E-state index is -0.636. The molecule has 0 atom stereocenters. The van der Waals surface area contributed by atoms with Gasteiger partial charge in [0.2, 0.25) is 0 Å². The molecule has 0 aliphatic carbocycles. The second-order valence-electron chi connectivity index (χ2n) is 4.10. The van der Waals surface area contributed by atoms with Gasteiger partial charge in [-0.05, 0) is 6.42 Å². The molecule has 2 rings (SSSR count). The highest BCUT2D eigenvalue weighted by molar-refractivity contribution is 5.41. The van der Waals surface area contributed by atoms with E-state index in [1.165, 1.54) is 4.57 Å². The lowest BCUT2D eigenvalue weighted by Gasteiger charge is -2.46. The molecule has 5 nitrogen and oxygen atoms in total. The fraction of sp³-hybridized carbons (Fsp3) is 0.600. The molecule has 0 radical (unpaired) electrons. The summed E-state index contributed by atoms with van der Waals surface area (Å²) in [5.74, 6) is 0.429. The normalized spacial score (nSPS) is 18.7. The molecule has 5 heteroatoms. The van der Waals surface area contributed by atoms with Crippen LogP contribution in [-0.2, 0) is 7.05 Å². The van der Waals surface area contributed by atoms with Crippen molar-refractivity contribution in [2.75, 3.05) is 18.0 Å². The van der Waals surface area contributed by atoms with Crippen LogP contribution >= 0.6 is 0 Å². The molecule has 0 saturated carbocycles. The number of anilines is 1. The Bertz CT molecular complexity index is 421. The second kappa shape index (κ2) is 3.34. The average Bonchev–Trinajstić information content (AvgIpc) is 2.18. The van der Waals surface area contributed by atoms with E-state index < -0.39 is 5.60 Å². The number of nitrogens with zero attached hydrogens (tertiary/aromatic N) is 3. The Kier molecular flexibility index (Phi) is 2.26. The van der Waals surface area contributed by atoms with E-state index in [0.29, 0.717) is 25.3 Å². The molecule has 1 fully saturated rings. The molecule has 0 amide bonds. The van der Waals surface area contributed by atoms with Crippen molar-refractivity contribution in [1.82, 2.24) is 9.55 Å². The molecule has 1 aliphatic heterocycles. The second-order valence-corrected chi connectivity index (χ2v) is 4.10. The monoisotopic (exact) mass is 209 g/mol. The number of β-amino-alcohol motifs (C(OH)–C–C–N with tert-alkyl or cyclic N) is 1. The third-order valence-electron chi connectivity index (χ3n) is 2.93. The van der Waals surface area contributed by atoms with E-state index in [1.807, 2.05) is 11.8 Å². The maximum absolute atomic E-state index is 11.7. The van der Waals surface area contributed by atoms with Gasteiger partial charge in [-0.2, -0.15) is 0 Å². The van der Waals surface area contributed by atoms with Gasteiger partial charge in [0.1, 0.15) is 0 Å². The Morgan fingerprint density at radius 1 is 1.60 bits per heavy atom. The standard InChI is InChI=1S/C10H15N3O2/c1-3-10(15)6-13(7-10)8-9(14)12(2)5-4-11-8/h4-5,15H,3,6-7H2,1-2H3. The van der Waals surface area contributed by atoms with E-state index in [-0.39, 0.29) is 5.56 Å². The summed E-state index contributed by atoms with van der Waals surface area (Å²) in [5.41, 5.74) is -0.752. The first-order valence-electron chi connectivity index (χ1n) is 5.05. The molecule has 1 aromatic rings. The van der Waals surface area contributed by atoms with Crippen molar-refractivity contribution in [3.05, 3.63) is 22.7 Å². The molecule has 15 heavy (non-hydrogen) atoms. The summed E-state index contributed by atoms with van der Waals surface area (Å²) in [6.07, 6.45) is 3.92. The zero-order chi connectivity index (χ0) is 11.1. The Labute approximate surface area is 88.0 Å². The van der Waals surface area contributed by atoms with Crippen LogP contribution < -0.4 is 10.5 Å². The lowest BCUT2D eigenvalue weighted by atomic mass is 9.91. The molecule has 0 spiro atoms. The number of aromatic nitrogens is 2. The topological polar surface area (TPSA) is 58.4 Å². The predicted molar refractivity (Wildman–Crippen MR) is 56.9 cm³/mol. The first-order chi connectivity index (χ1) is 7.06. The van der Waals surface area contributed by atoms with Crippen molar-refractivity contribution < 1.29 is 5.11 Å². The Balaban J connectivity index is 2.21. The molecule has 2 heterocycles. The maximum Gasteiger partial charge on any atom is 0.293 e. The lowest BCUT2D eigenvalue weighted by Crippen LogP contribution is -2.63. The average molecular weight is 209 g/mol. The van der Waals surface area contributed by atoms with Crippen LogP contribution in [0.1, 0.15) is 13.3 Å². The number of aliphatic hydroxyl groups is 1. The van der Waals surface area contributed by atoms with E-state index in [2.05, 4.69) is 4.98 Å².